The maximum Gasteiger partial charge on any atom is 0.295 e. The summed E-state index contributed by atoms with van der Waals surface area (Å²) in [6.07, 6.45) is 0. The summed E-state index contributed by atoms with van der Waals surface area (Å²) in [6, 6.07) is 4.36. The number of benzene rings is 1. The fourth-order valence-corrected chi connectivity index (χ4v) is 2.01. The molecule has 0 aliphatic heterocycles. The largest absolute Gasteiger partial charge is 0.388 e. The van der Waals surface area contributed by atoms with Crippen LogP contribution in [0.4, 0.5) is 5.69 Å². The van der Waals surface area contributed by atoms with Crippen molar-refractivity contribution in [1.82, 2.24) is 0 Å². The molecule has 0 radical (unpaired) electrons. The Kier molecular flexibility index (Phi) is 2.84. The molecule has 4 nitrogen and oxygen atoms in total. The van der Waals surface area contributed by atoms with Crippen LogP contribution in [0.3, 0.4) is 0 Å². The highest BCUT2D eigenvalue weighted by Crippen LogP contribution is 2.22. The van der Waals surface area contributed by atoms with E-state index in [-0.39, 0.29) is 9.79 Å². The highest BCUT2D eigenvalue weighted by atomic mass is 32.2. The van der Waals surface area contributed by atoms with Crippen LogP contribution < -0.4 is 5.32 Å². The predicted molar refractivity (Wildman–Crippen MR) is 53.1 cm³/mol. The molecule has 1 aromatic carbocycles. The zero-order valence-electron chi connectivity index (χ0n) is 6.85. The number of nitrogens with one attached hydrogen (secondary N) is 1. The third-order valence-electron chi connectivity index (χ3n) is 1.53. The molecule has 0 saturated heterocycles. The zero-order chi connectivity index (χ0) is 10.1. The molecule has 0 aliphatic carbocycles. The highest BCUT2D eigenvalue weighted by Gasteiger charge is 2.12. The molecule has 0 aromatic heterocycles. The molecule has 0 heterocycles. The molecule has 0 atom stereocenters. The van der Waals surface area contributed by atoms with Crippen molar-refractivity contribution >= 4 is 28.4 Å². The Balaban J connectivity index is 3.29. The van der Waals surface area contributed by atoms with Crippen LogP contribution >= 0.6 is 12.6 Å². The van der Waals surface area contributed by atoms with E-state index in [4.69, 9.17) is 4.55 Å². The van der Waals surface area contributed by atoms with Crippen molar-refractivity contribution in [3.63, 3.8) is 0 Å². The van der Waals surface area contributed by atoms with Gasteiger partial charge in [-0.2, -0.15) is 8.42 Å². The van der Waals surface area contributed by atoms with Crippen molar-refractivity contribution in [2.75, 3.05) is 12.4 Å². The first-order valence-electron chi connectivity index (χ1n) is 3.43. The van der Waals surface area contributed by atoms with Crippen LogP contribution in [0, 0.1) is 0 Å². The summed E-state index contributed by atoms with van der Waals surface area (Å²) in [6.45, 7) is 0. The normalized spacial score (nSPS) is 11.3. The van der Waals surface area contributed by atoms with Gasteiger partial charge in [-0.05, 0) is 18.2 Å². The van der Waals surface area contributed by atoms with E-state index in [0.29, 0.717) is 0 Å². The Hall–Kier alpha value is -0.720. The van der Waals surface area contributed by atoms with E-state index in [9.17, 15) is 8.42 Å². The lowest BCUT2D eigenvalue weighted by atomic mass is 10.3. The third-order valence-corrected chi connectivity index (χ3v) is 2.96. The molecule has 0 bridgehead atoms. The molecule has 0 amide bonds. The number of rotatable bonds is 2. The van der Waals surface area contributed by atoms with E-state index in [1.165, 1.54) is 12.1 Å². The lowest BCUT2D eigenvalue weighted by Gasteiger charge is -2.04. The van der Waals surface area contributed by atoms with Crippen LogP contribution in [0.5, 0.6) is 0 Å². The smallest absolute Gasteiger partial charge is 0.295 e. The highest BCUT2D eigenvalue weighted by molar-refractivity contribution is 7.87. The van der Waals surface area contributed by atoms with Gasteiger partial charge < -0.3 is 5.32 Å². The first-order chi connectivity index (χ1) is 5.95. The van der Waals surface area contributed by atoms with Gasteiger partial charge in [0.1, 0.15) is 4.90 Å². The summed E-state index contributed by atoms with van der Waals surface area (Å²) in [5.74, 6) is 0. The number of hydrogen-bond acceptors (Lipinski definition) is 4. The average molecular weight is 219 g/mol. The fraction of sp³-hybridized carbons (Fsp3) is 0.143. The molecule has 72 valence electrons. The van der Waals surface area contributed by atoms with Crippen molar-refractivity contribution in [2.24, 2.45) is 0 Å². The van der Waals surface area contributed by atoms with Gasteiger partial charge >= 0.3 is 0 Å². The van der Waals surface area contributed by atoms with Gasteiger partial charge in [0, 0.05) is 17.6 Å². The minimum absolute atomic E-state index is 0.185. The number of anilines is 1. The summed E-state index contributed by atoms with van der Waals surface area (Å²) in [7, 11) is -2.46. The first-order valence-corrected chi connectivity index (χ1v) is 5.32. The second-order valence-electron chi connectivity index (χ2n) is 2.41. The van der Waals surface area contributed by atoms with Crippen LogP contribution in [0.2, 0.25) is 0 Å². The van der Waals surface area contributed by atoms with E-state index >= 15 is 0 Å². The second kappa shape index (κ2) is 3.57. The topological polar surface area (TPSA) is 66.4 Å². The van der Waals surface area contributed by atoms with Crippen LogP contribution in [0.15, 0.2) is 28.0 Å². The Morgan fingerprint density at radius 1 is 1.46 bits per heavy atom. The molecule has 2 N–H and O–H groups in total. The molecule has 0 spiro atoms. The summed E-state index contributed by atoms with van der Waals surface area (Å²) >= 11 is 3.94. The van der Waals surface area contributed by atoms with Crippen LogP contribution in [-0.4, -0.2) is 20.0 Å². The van der Waals surface area contributed by atoms with Gasteiger partial charge in [-0.3, -0.25) is 4.55 Å². The summed E-state index contributed by atoms with van der Waals surface area (Å²) in [5.41, 5.74) is 0.734. The molecular formula is C7H9NO3S2. The minimum Gasteiger partial charge on any atom is -0.388 e. The SMILES string of the molecule is CNc1ccc(S(=O)(=O)O)c(S)c1. The standard InChI is InChI=1S/C7H9NO3S2/c1-8-5-2-3-7(6(12)4-5)13(9,10)11/h2-4,8,12H,1H3,(H,9,10,11). The van der Waals surface area contributed by atoms with Crippen LogP contribution in [0.25, 0.3) is 0 Å². The van der Waals surface area contributed by atoms with Gasteiger partial charge in [0.05, 0.1) is 0 Å². The summed E-state index contributed by atoms with van der Waals surface area (Å²) in [5, 5.41) is 2.82. The zero-order valence-corrected chi connectivity index (χ0v) is 8.56. The molecule has 0 unspecified atom stereocenters. The monoisotopic (exact) mass is 219 g/mol. The van der Waals surface area contributed by atoms with E-state index in [2.05, 4.69) is 17.9 Å². The Morgan fingerprint density at radius 3 is 2.46 bits per heavy atom. The molecule has 0 saturated carbocycles. The van der Waals surface area contributed by atoms with E-state index in [1.807, 2.05) is 0 Å². The molecule has 13 heavy (non-hydrogen) atoms. The molecule has 1 rings (SSSR count). The van der Waals surface area contributed by atoms with Gasteiger partial charge in [-0.1, -0.05) is 0 Å². The van der Waals surface area contributed by atoms with Crippen molar-refractivity contribution in [2.45, 2.75) is 9.79 Å². The van der Waals surface area contributed by atoms with Gasteiger partial charge in [-0.25, -0.2) is 0 Å². The third kappa shape index (κ3) is 2.36. The minimum atomic E-state index is -4.16. The van der Waals surface area contributed by atoms with Crippen molar-refractivity contribution in [3.8, 4) is 0 Å². The van der Waals surface area contributed by atoms with E-state index < -0.39 is 10.1 Å². The summed E-state index contributed by atoms with van der Waals surface area (Å²) in [4.78, 5) is 0.0317. The van der Waals surface area contributed by atoms with Gasteiger partial charge in [-0.15, -0.1) is 12.6 Å². The molecule has 1 aromatic rings. The van der Waals surface area contributed by atoms with E-state index in [0.717, 1.165) is 5.69 Å². The number of thiol groups is 1. The van der Waals surface area contributed by atoms with Crippen molar-refractivity contribution < 1.29 is 13.0 Å². The maximum atomic E-state index is 10.7. The van der Waals surface area contributed by atoms with E-state index in [1.54, 1.807) is 13.1 Å². The second-order valence-corrected chi connectivity index (χ2v) is 4.28. The van der Waals surface area contributed by atoms with Crippen molar-refractivity contribution in [3.05, 3.63) is 18.2 Å². The maximum absolute atomic E-state index is 10.7. The number of hydrogen-bond donors (Lipinski definition) is 3. The Morgan fingerprint density at radius 2 is 2.08 bits per heavy atom. The fourth-order valence-electron chi connectivity index (χ4n) is 0.891. The Labute approximate surface area is 82.1 Å². The predicted octanol–water partition coefficient (Wildman–Crippen LogP) is 1.26. The Bertz CT molecular complexity index is 414. The first kappa shape index (κ1) is 10.4. The van der Waals surface area contributed by atoms with Gasteiger partial charge in [0.2, 0.25) is 0 Å². The van der Waals surface area contributed by atoms with Crippen LogP contribution in [0.1, 0.15) is 0 Å². The average Bonchev–Trinajstić information content (AvgIpc) is 2.01. The quantitative estimate of drug-likeness (QED) is 0.517. The lowest BCUT2D eigenvalue weighted by molar-refractivity contribution is 0.481. The summed E-state index contributed by atoms with van der Waals surface area (Å²) < 4.78 is 30.2. The van der Waals surface area contributed by atoms with Crippen molar-refractivity contribution in [1.29, 1.82) is 0 Å². The molecule has 6 heteroatoms. The van der Waals surface area contributed by atoms with Gasteiger partial charge in [0.25, 0.3) is 10.1 Å². The lowest BCUT2D eigenvalue weighted by Crippen LogP contribution is -2.00. The molecule has 0 aliphatic rings. The molecular weight excluding hydrogens is 210 g/mol. The molecule has 0 fully saturated rings. The van der Waals surface area contributed by atoms with Gasteiger partial charge in [0.15, 0.2) is 0 Å². The van der Waals surface area contributed by atoms with Crippen LogP contribution in [-0.2, 0) is 10.1 Å².